The van der Waals surface area contributed by atoms with E-state index in [0.717, 1.165) is 12.8 Å². The number of methoxy groups -OCH3 is 1. The fourth-order valence-electron chi connectivity index (χ4n) is 1.39. The molecule has 0 bridgehead atoms. The number of ether oxygens (including phenoxy) is 2. The van der Waals surface area contributed by atoms with Crippen LogP contribution in [-0.2, 0) is 9.47 Å². The fraction of sp³-hybridized carbons (Fsp3) is 0.545. The summed E-state index contributed by atoms with van der Waals surface area (Å²) in [5.41, 5.74) is 1.34. The molecule has 0 unspecified atom stereocenters. The van der Waals surface area contributed by atoms with E-state index in [2.05, 4.69) is 10.8 Å². The highest BCUT2D eigenvalue weighted by Gasteiger charge is 2.00. The summed E-state index contributed by atoms with van der Waals surface area (Å²) in [6.45, 7) is 0.282. The molecule has 0 saturated heterocycles. The summed E-state index contributed by atoms with van der Waals surface area (Å²) in [6.07, 6.45) is 10.3. The second-order valence-electron chi connectivity index (χ2n) is 3.19. The van der Waals surface area contributed by atoms with E-state index in [1.54, 1.807) is 0 Å². The van der Waals surface area contributed by atoms with E-state index >= 15 is 0 Å². The zero-order valence-corrected chi connectivity index (χ0v) is 8.49. The lowest BCUT2D eigenvalue weighted by Crippen LogP contribution is -2.03. The molecule has 1 aliphatic rings. The van der Waals surface area contributed by atoms with Crippen molar-refractivity contribution in [1.29, 1.82) is 0 Å². The molecule has 0 fully saturated rings. The molecule has 1 rings (SSSR count). The Balaban J connectivity index is 2.19. The third-order valence-electron chi connectivity index (χ3n) is 2.12. The molecule has 0 saturated carbocycles. The van der Waals surface area contributed by atoms with E-state index in [-0.39, 0.29) is 6.61 Å². The Morgan fingerprint density at radius 1 is 1.57 bits per heavy atom. The van der Waals surface area contributed by atoms with Gasteiger partial charge in [-0.15, -0.1) is 0 Å². The van der Waals surface area contributed by atoms with Crippen molar-refractivity contribution in [1.82, 2.24) is 0 Å². The molecule has 0 aliphatic heterocycles. The van der Waals surface area contributed by atoms with Crippen LogP contribution in [0.3, 0.4) is 0 Å². The van der Waals surface area contributed by atoms with Gasteiger partial charge in [-0.3, -0.25) is 0 Å². The SMILES string of the molecule is COC(=O)OCC=CC1=CCCCC1. The molecule has 0 heterocycles. The van der Waals surface area contributed by atoms with Crippen LogP contribution >= 0.6 is 0 Å². The molecule has 0 amide bonds. The van der Waals surface area contributed by atoms with E-state index in [4.69, 9.17) is 4.74 Å². The molecule has 0 N–H and O–H groups in total. The van der Waals surface area contributed by atoms with E-state index < -0.39 is 6.16 Å². The van der Waals surface area contributed by atoms with E-state index in [9.17, 15) is 4.79 Å². The van der Waals surface area contributed by atoms with E-state index in [0.29, 0.717) is 0 Å². The third kappa shape index (κ3) is 4.12. The maximum atomic E-state index is 10.6. The quantitative estimate of drug-likeness (QED) is 0.651. The maximum Gasteiger partial charge on any atom is 0.508 e. The van der Waals surface area contributed by atoms with Crippen LogP contribution in [0.25, 0.3) is 0 Å². The van der Waals surface area contributed by atoms with Gasteiger partial charge < -0.3 is 9.47 Å². The number of allylic oxidation sites excluding steroid dienone is 3. The summed E-state index contributed by atoms with van der Waals surface area (Å²) in [5.74, 6) is 0. The molecule has 3 nitrogen and oxygen atoms in total. The zero-order valence-electron chi connectivity index (χ0n) is 8.49. The van der Waals surface area contributed by atoms with Gasteiger partial charge in [0.1, 0.15) is 6.61 Å². The van der Waals surface area contributed by atoms with Crippen LogP contribution in [-0.4, -0.2) is 19.9 Å². The largest absolute Gasteiger partial charge is 0.508 e. The van der Waals surface area contributed by atoms with Crippen molar-refractivity contribution in [3.05, 3.63) is 23.8 Å². The fourth-order valence-corrected chi connectivity index (χ4v) is 1.39. The van der Waals surface area contributed by atoms with Gasteiger partial charge in [0.2, 0.25) is 0 Å². The Morgan fingerprint density at radius 3 is 3.07 bits per heavy atom. The minimum Gasteiger partial charge on any atom is -0.438 e. The molecule has 0 atom stereocenters. The van der Waals surface area contributed by atoms with Gasteiger partial charge in [0, 0.05) is 0 Å². The Hall–Kier alpha value is -1.25. The highest BCUT2D eigenvalue weighted by Crippen LogP contribution is 2.17. The van der Waals surface area contributed by atoms with Gasteiger partial charge in [-0.1, -0.05) is 17.7 Å². The summed E-state index contributed by atoms with van der Waals surface area (Å²) in [4.78, 5) is 10.6. The van der Waals surface area contributed by atoms with Gasteiger partial charge in [0.05, 0.1) is 7.11 Å². The van der Waals surface area contributed by atoms with E-state index in [1.165, 1.54) is 25.5 Å². The van der Waals surface area contributed by atoms with Crippen LogP contribution in [0.15, 0.2) is 23.8 Å². The van der Waals surface area contributed by atoms with Crippen molar-refractivity contribution in [2.75, 3.05) is 13.7 Å². The predicted molar refractivity (Wildman–Crippen MR) is 54.0 cm³/mol. The Bertz CT molecular complexity index is 241. The van der Waals surface area contributed by atoms with Crippen LogP contribution in [0.4, 0.5) is 4.79 Å². The van der Waals surface area contributed by atoms with Crippen LogP contribution < -0.4 is 0 Å². The molecule has 1 aliphatic carbocycles. The average Bonchev–Trinajstić information content (AvgIpc) is 2.25. The van der Waals surface area contributed by atoms with Crippen molar-refractivity contribution in [3.63, 3.8) is 0 Å². The summed E-state index contributed by atoms with van der Waals surface area (Å²) in [6, 6.07) is 0. The highest BCUT2D eigenvalue weighted by molar-refractivity contribution is 5.59. The van der Waals surface area contributed by atoms with Gasteiger partial charge >= 0.3 is 6.16 Å². The molecular weight excluding hydrogens is 180 g/mol. The first-order chi connectivity index (χ1) is 6.83. The molecule has 0 aromatic carbocycles. The lowest BCUT2D eigenvalue weighted by atomic mass is 9.99. The second kappa shape index (κ2) is 6.24. The molecule has 0 aromatic rings. The summed E-state index contributed by atoms with van der Waals surface area (Å²) in [5, 5.41) is 0. The van der Waals surface area contributed by atoms with Crippen molar-refractivity contribution in [3.8, 4) is 0 Å². The first-order valence-corrected chi connectivity index (χ1v) is 4.89. The van der Waals surface area contributed by atoms with E-state index in [1.807, 2.05) is 12.2 Å². The van der Waals surface area contributed by atoms with Crippen molar-refractivity contribution >= 4 is 6.16 Å². The Labute approximate surface area is 84.4 Å². The minimum atomic E-state index is -0.632. The maximum absolute atomic E-state index is 10.6. The standard InChI is InChI=1S/C11H16O3/c1-13-11(12)14-9-5-8-10-6-3-2-4-7-10/h5-6,8H,2-4,7,9H2,1H3. The topological polar surface area (TPSA) is 35.5 Å². The summed E-state index contributed by atoms with van der Waals surface area (Å²) in [7, 11) is 1.30. The lowest BCUT2D eigenvalue weighted by molar-refractivity contribution is 0.0818. The van der Waals surface area contributed by atoms with Crippen LogP contribution in [0, 0.1) is 0 Å². The number of rotatable bonds is 3. The molecule has 0 aromatic heterocycles. The third-order valence-corrected chi connectivity index (χ3v) is 2.12. The molecule has 0 radical (unpaired) electrons. The van der Waals surface area contributed by atoms with Gasteiger partial charge in [-0.05, 0) is 31.8 Å². The second-order valence-corrected chi connectivity index (χ2v) is 3.19. The highest BCUT2D eigenvalue weighted by atomic mass is 16.7. The van der Waals surface area contributed by atoms with Crippen LogP contribution in [0.5, 0.6) is 0 Å². The monoisotopic (exact) mass is 196 g/mol. The number of hydrogen-bond donors (Lipinski definition) is 0. The van der Waals surface area contributed by atoms with Crippen molar-refractivity contribution in [2.24, 2.45) is 0 Å². The summed E-state index contributed by atoms with van der Waals surface area (Å²) < 4.78 is 9.04. The van der Waals surface area contributed by atoms with Crippen LogP contribution in [0.1, 0.15) is 25.7 Å². The zero-order chi connectivity index (χ0) is 10.2. The normalized spacial score (nSPS) is 16.5. The first-order valence-electron chi connectivity index (χ1n) is 4.89. The smallest absolute Gasteiger partial charge is 0.438 e. The predicted octanol–water partition coefficient (Wildman–Crippen LogP) is 2.83. The Morgan fingerprint density at radius 2 is 2.43 bits per heavy atom. The number of hydrogen-bond acceptors (Lipinski definition) is 3. The number of carbonyl (C=O) groups is 1. The first kappa shape index (κ1) is 10.8. The number of carbonyl (C=O) groups excluding carboxylic acids is 1. The molecule has 78 valence electrons. The average molecular weight is 196 g/mol. The van der Waals surface area contributed by atoms with Gasteiger partial charge in [-0.2, -0.15) is 0 Å². The molecule has 3 heteroatoms. The summed E-state index contributed by atoms with van der Waals surface area (Å²) >= 11 is 0. The molecule has 0 spiro atoms. The van der Waals surface area contributed by atoms with Gasteiger partial charge in [0.25, 0.3) is 0 Å². The molecular formula is C11H16O3. The van der Waals surface area contributed by atoms with Crippen molar-refractivity contribution in [2.45, 2.75) is 25.7 Å². The van der Waals surface area contributed by atoms with Gasteiger partial charge in [0.15, 0.2) is 0 Å². The molecule has 14 heavy (non-hydrogen) atoms. The lowest BCUT2D eigenvalue weighted by Gasteiger charge is -2.07. The Kier molecular flexibility index (Phi) is 4.83. The van der Waals surface area contributed by atoms with Gasteiger partial charge in [-0.25, -0.2) is 4.79 Å². The van der Waals surface area contributed by atoms with Crippen molar-refractivity contribution < 1.29 is 14.3 Å². The van der Waals surface area contributed by atoms with Crippen LogP contribution in [0.2, 0.25) is 0 Å². The minimum absolute atomic E-state index is 0.282.